The van der Waals surface area contributed by atoms with Gasteiger partial charge in [0, 0.05) is 11.1 Å². The molecule has 0 radical (unpaired) electrons. The van der Waals surface area contributed by atoms with Crippen LogP contribution in [0.5, 0.6) is 23.0 Å². The van der Waals surface area contributed by atoms with E-state index in [1.54, 1.807) is 0 Å². The van der Waals surface area contributed by atoms with Gasteiger partial charge in [0.1, 0.15) is 36.2 Å². The predicted molar refractivity (Wildman–Crippen MR) is 228 cm³/mol. The first-order chi connectivity index (χ1) is 26.0. The molecule has 54 heavy (non-hydrogen) atoms. The van der Waals surface area contributed by atoms with E-state index in [0.717, 1.165) is 98.0 Å². The van der Waals surface area contributed by atoms with Crippen LogP contribution >= 0.6 is 0 Å². The summed E-state index contributed by atoms with van der Waals surface area (Å²) in [5, 5.41) is 22.0. The zero-order chi connectivity index (χ0) is 39.6. The Bertz CT molecular complexity index is 1360. The van der Waals surface area contributed by atoms with E-state index in [1.165, 1.54) is 35.1 Å². The highest BCUT2D eigenvalue weighted by Crippen LogP contribution is 2.33. The lowest BCUT2D eigenvalue weighted by Gasteiger charge is -2.16. The zero-order valence-electron chi connectivity index (χ0n) is 35.3. The molecule has 2 aromatic carbocycles. The third-order valence-corrected chi connectivity index (χ3v) is 9.46. The Hall–Kier alpha value is -3.48. The van der Waals surface area contributed by atoms with E-state index in [1.807, 2.05) is 12.1 Å². The summed E-state index contributed by atoms with van der Waals surface area (Å²) in [4.78, 5) is 0. The number of ether oxygens (including phenoxy) is 4. The number of phenols is 2. The highest BCUT2D eigenvalue weighted by Gasteiger charge is 2.13. The second-order valence-corrected chi connectivity index (χ2v) is 15.2. The molecule has 0 saturated carbocycles. The minimum absolute atomic E-state index is 0.302. The number of phenolic OH excluding ortho intramolecular Hbond substituents is 2. The van der Waals surface area contributed by atoms with E-state index in [0.29, 0.717) is 64.0 Å². The summed E-state index contributed by atoms with van der Waals surface area (Å²) in [5.41, 5.74) is 9.15. The van der Waals surface area contributed by atoms with Gasteiger partial charge in [-0.1, -0.05) is 86.1 Å². The van der Waals surface area contributed by atoms with Gasteiger partial charge in [0.25, 0.3) is 0 Å². The molecule has 302 valence electrons. The van der Waals surface area contributed by atoms with Crippen molar-refractivity contribution in [3.05, 3.63) is 93.1 Å². The van der Waals surface area contributed by atoms with Crippen molar-refractivity contribution in [3.8, 4) is 23.0 Å². The Morgan fingerprint density at radius 2 is 0.907 bits per heavy atom. The smallest absolute Gasteiger partial charge is 0.126 e. The van der Waals surface area contributed by atoms with Gasteiger partial charge in [-0.25, -0.2) is 0 Å². The standard InChI is InChI=1S/C48H74O6/c1-9-11-13-21-41-33-45(49)43(25-23-39(7)19-15-17-37(3)4)47(35-41)53-31-29-51-27-28-52-30-32-54-48-36-42(22-14-12-10-2)34-46(50)44(48)26-24-40(8)20-16-18-38(5)6/h17-18,23-24,33-36,49-50H,9-16,19-22,25-32H2,1-8H3/b39-23+,40-24+. The minimum atomic E-state index is 0.302. The number of allylic oxidation sites excluding steroid dienone is 8. The van der Waals surface area contributed by atoms with Crippen LogP contribution in [0.1, 0.15) is 142 Å². The molecule has 0 fully saturated rings. The molecule has 2 N–H and O–H groups in total. The van der Waals surface area contributed by atoms with Crippen molar-refractivity contribution in [3.63, 3.8) is 0 Å². The maximum atomic E-state index is 11.0. The highest BCUT2D eigenvalue weighted by atomic mass is 16.6. The van der Waals surface area contributed by atoms with Gasteiger partial charge in [-0.05, 0) is 141 Å². The van der Waals surface area contributed by atoms with Gasteiger partial charge in [0.15, 0.2) is 0 Å². The van der Waals surface area contributed by atoms with Gasteiger partial charge in [0.2, 0.25) is 0 Å². The van der Waals surface area contributed by atoms with E-state index in [4.69, 9.17) is 18.9 Å². The summed E-state index contributed by atoms with van der Waals surface area (Å²) in [6, 6.07) is 7.99. The molecule has 0 aliphatic rings. The fraction of sp³-hybridized carbons (Fsp3) is 0.583. The molecular weight excluding hydrogens is 673 g/mol. The van der Waals surface area contributed by atoms with Crippen LogP contribution in [-0.4, -0.2) is 49.9 Å². The van der Waals surface area contributed by atoms with E-state index < -0.39 is 0 Å². The van der Waals surface area contributed by atoms with Crippen molar-refractivity contribution in [1.29, 1.82) is 0 Å². The summed E-state index contributed by atoms with van der Waals surface area (Å²) in [5.74, 6) is 2.08. The first-order valence-electron chi connectivity index (χ1n) is 20.7. The minimum Gasteiger partial charge on any atom is -0.508 e. The van der Waals surface area contributed by atoms with Gasteiger partial charge < -0.3 is 29.2 Å². The lowest BCUT2D eigenvalue weighted by atomic mass is 10.00. The molecule has 2 aromatic rings. The van der Waals surface area contributed by atoms with Crippen molar-refractivity contribution < 1.29 is 29.2 Å². The molecule has 0 heterocycles. The van der Waals surface area contributed by atoms with E-state index in [2.05, 4.69) is 91.8 Å². The molecule has 0 atom stereocenters. The average molecular weight is 747 g/mol. The third kappa shape index (κ3) is 20.3. The Labute approximate surface area is 329 Å². The molecule has 0 aliphatic carbocycles. The number of unbranched alkanes of at least 4 members (excludes halogenated alkanes) is 4. The second-order valence-electron chi connectivity index (χ2n) is 15.2. The normalized spacial score (nSPS) is 11.9. The van der Waals surface area contributed by atoms with Gasteiger partial charge >= 0.3 is 0 Å². The number of rotatable bonds is 29. The molecule has 6 heteroatoms. The van der Waals surface area contributed by atoms with Crippen LogP contribution in [0.25, 0.3) is 0 Å². The van der Waals surface area contributed by atoms with Crippen LogP contribution in [0.4, 0.5) is 0 Å². The van der Waals surface area contributed by atoms with Crippen LogP contribution in [0.2, 0.25) is 0 Å². The second kappa shape index (κ2) is 28.0. The van der Waals surface area contributed by atoms with Crippen molar-refractivity contribution in [2.45, 2.75) is 145 Å². The van der Waals surface area contributed by atoms with Crippen molar-refractivity contribution in [2.75, 3.05) is 39.6 Å². The van der Waals surface area contributed by atoms with Crippen LogP contribution in [0.3, 0.4) is 0 Å². The van der Waals surface area contributed by atoms with Gasteiger partial charge in [-0.3, -0.25) is 0 Å². The lowest BCUT2D eigenvalue weighted by Crippen LogP contribution is -2.14. The molecule has 0 saturated heterocycles. The maximum absolute atomic E-state index is 11.0. The van der Waals surface area contributed by atoms with Crippen molar-refractivity contribution in [2.24, 2.45) is 0 Å². The molecule has 0 amide bonds. The summed E-state index contributed by atoms with van der Waals surface area (Å²) in [6.45, 7) is 19.7. The van der Waals surface area contributed by atoms with E-state index >= 15 is 0 Å². The topological polar surface area (TPSA) is 77.4 Å². The van der Waals surface area contributed by atoms with Crippen LogP contribution in [0.15, 0.2) is 70.9 Å². The summed E-state index contributed by atoms with van der Waals surface area (Å²) in [6.07, 6.45) is 22.9. The Morgan fingerprint density at radius 3 is 1.28 bits per heavy atom. The van der Waals surface area contributed by atoms with Gasteiger partial charge in [0.05, 0.1) is 26.4 Å². The van der Waals surface area contributed by atoms with Crippen LogP contribution in [-0.2, 0) is 35.2 Å². The quantitative estimate of drug-likeness (QED) is 0.0637. The predicted octanol–water partition coefficient (Wildman–Crippen LogP) is 12.5. The maximum Gasteiger partial charge on any atom is 0.126 e. The molecule has 6 nitrogen and oxygen atoms in total. The molecule has 0 bridgehead atoms. The Morgan fingerprint density at radius 1 is 0.519 bits per heavy atom. The Balaban J connectivity index is 1.88. The molecule has 0 unspecified atom stereocenters. The fourth-order valence-corrected chi connectivity index (χ4v) is 6.16. The molecule has 0 aliphatic heterocycles. The number of benzene rings is 2. The summed E-state index contributed by atoms with van der Waals surface area (Å²) < 4.78 is 24.1. The van der Waals surface area contributed by atoms with Gasteiger partial charge in [-0.2, -0.15) is 0 Å². The summed E-state index contributed by atoms with van der Waals surface area (Å²) in [7, 11) is 0. The zero-order valence-corrected chi connectivity index (χ0v) is 35.3. The average Bonchev–Trinajstić information content (AvgIpc) is 3.11. The first-order valence-corrected chi connectivity index (χ1v) is 20.7. The van der Waals surface area contributed by atoms with Crippen LogP contribution in [0, 0.1) is 0 Å². The summed E-state index contributed by atoms with van der Waals surface area (Å²) >= 11 is 0. The first kappa shape index (κ1) is 46.7. The van der Waals surface area contributed by atoms with Crippen molar-refractivity contribution in [1.82, 2.24) is 0 Å². The molecule has 0 aromatic heterocycles. The molecular formula is C48H74O6. The number of aryl methyl sites for hydroxylation is 2. The Kier molecular flexibility index (Phi) is 24.2. The lowest BCUT2D eigenvalue weighted by molar-refractivity contribution is 0.0271. The number of hydrogen-bond donors (Lipinski definition) is 2. The van der Waals surface area contributed by atoms with Crippen molar-refractivity contribution >= 4 is 0 Å². The fourth-order valence-electron chi connectivity index (χ4n) is 6.16. The number of aromatic hydroxyl groups is 2. The van der Waals surface area contributed by atoms with Gasteiger partial charge in [-0.15, -0.1) is 0 Å². The van der Waals surface area contributed by atoms with E-state index in [-0.39, 0.29) is 0 Å². The highest BCUT2D eigenvalue weighted by molar-refractivity contribution is 5.49. The SMILES string of the molecule is CCCCCc1cc(O)c(C/C=C(\C)CCC=C(C)C)c(OCCOCCOCCOc2cc(CCCCC)cc(O)c2C/C=C(\C)CCC=C(C)C)c1. The largest absolute Gasteiger partial charge is 0.508 e. The third-order valence-electron chi connectivity index (χ3n) is 9.46. The molecule has 0 spiro atoms. The van der Waals surface area contributed by atoms with E-state index in [9.17, 15) is 10.2 Å². The number of hydrogen-bond acceptors (Lipinski definition) is 6. The molecule has 2 rings (SSSR count). The monoisotopic (exact) mass is 747 g/mol. The van der Waals surface area contributed by atoms with Crippen LogP contribution < -0.4 is 9.47 Å².